The molecule has 3 atom stereocenters. The Balaban J connectivity index is 3.01. The first-order chi connectivity index (χ1) is 23.4. The van der Waals surface area contributed by atoms with Crippen molar-refractivity contribution in [3.05, 3.63) is 29.8 Å². The van der Waals surface area contributed by atoms with Crippen LogP contribution in [0.1, 0.15) is 151 Å². The van der Waals surface area contributed by atoms with E-state index in [1.165, 1.54) is 44.9 Å². The number of amides is 3. The lowest BCUT2D eigenvalue weighted by Gasteiger charge is -2.28. The number of carboxylic acids is 1. The van der Waals surface area contributed by atoms with Gasteiger partial charge in [0.25, 0.3) is 0 Å². The molecule has 0 fully saturated rings. The molecule has 3 amide bonds. The fourth-order valence-electron chi connectivity index (χ4n) is 5.46. The van der Waals surface area contributed by atoms with Gasteiger partial charge in [-0.3, -0.25) is 14.4 Å². The molecule has 1 rings (SSSR count). The standard InChI is InChI=1S/C40H69N3O7/c1-10-11-12-13-14-15-16-17-18-19-20-21-35(44)41-32(27-30-22-24-31(25-23-30)50-40(7,8)9)36(45)43-34(28-49-39(4,5)6)37(46)42-33(38(47)48)26-29(2)3/h22-25,29,32-34H,10-21,26-28H2,1-9H3,(H,41,44)(H,42,46)(H,43,45)(H,47,48)/t32-,33-,34-/m0/s1. The van der Waals surface area contributed by atoms with Gasteiger partial charge < -0.3 is 30.5 Å². The molecule has 50 heavy (non-hydrogen) atoms. The van der Waals surface area contributed by atoms with Crippen molar-refractivity contribution in [3.63, 3.8) is 0 Å². The van der Waals surface area contributed by atoms with Gasteiger partial charge in [-0.1, -0.05) is 97.1 Å². The lowest BCUT2D eigenvalue weighted by molar-refractivity contribution is -0.143. The minimum atomic E-state index is -1.18. The minimum absolute atomic E-state index is 0.0235. The van der Waals surface area contributed by atoms with E-state index in [2.05, 4.69) is 22.9 Å². The smallest absolute Gasteiger partial charge is 0.326 e. The van der Waals surface area contributed by atoms with Gasteiger partial charge in [-0.2, -0.15) is 0 Å². The van der Waals surface area contributed by atoms with Crippen molar-refractivity contribution in [2.45, 2.75) is 182 Å². The molecule has 4 N–H and O–H groups in total. The fourth-order valence-corrected chi connectivity index (χ4v) is 5.46. The molecule has 0 aromatic heterocycles. The lowest BCUT2D eigenvalue weighted by Crippen LogP contribution is -2.58. The van der Waals surface area contributed by atoms with Gasteiger partial charge in [-0.25, -0.2) is 4.79 Å². The van der Waals surface area contributed by atoms with Crippen LogP contribution in [-0.2, 0) is 30.3 Å². The van der Waals surface area contributed by atoms with Crippen LogP contribution in [0.25, 0.3) is 0 Å². The minimum Gasteiger partial charge on any atom is -0.488 e. The van der Waals surface area contributed by atoms with Gasteiger partial charge in [0.1, 0.15) is 29.5 Å². The quantitative estimate of drug-likeness (QED) is 0.0772. The van der Waals surface area contributed by atoms with Crippen LogP contribution in [0.2, 0.25) is 0 Å². The van der Waals surface area contributed by atoms with Gasteiger partial charge in [0.2, 0.25) is 17.7 Å². The highest BCUT2D eigenvalue weighted by Crippen LogP contribution is 2.20. The van der Waals surface area contributed by atoms with E-state index in [0.717, 1.165) is 31.2 Å². The highest BCUT2D eigenvalue weighted by molar-refractivity contribution is 5.93. The van der Waals surface area contributed by atoms with Crippen LogP contribution >= 0.6 is 0 Å². The SMILES string of the molecule is CCCCCCCCCCCCCC(=O)N[C@@H](Cc1ccc(OC(C)(C)C)cc1)C(=O)N[C@@H](COC(C)(C)C)C(=O)N[C@@H](CC(C)C)C(=O)O. The topological polar surface area (TPSA) is 143 Å². The summed E-state index contributed by atoms with van der Waals surface area (Å²) >= 11 is 0. The van der Waals surface area contributed by atoms with Crippen LogP contribution < -0.4 is 20.7 Å². The summed E-state index contributed by atoms with van der Waals surface area (Å²) in [5.41, 5.74) is -0.186. The largest absolute Gasteiger partial charge is 0.488 e. The Hall–Kier alpha value is -3.14. The second-order valence-corrected chi connectivity index (χ2v) is 16.0. The van der Waals surface area contributed by atoms with E-state index in [9.17, 15) is 24.3 Å². The zero-order valence-electron chi connectivity index (χ0n) is 32.6. The summed E-state index contributed by atoms with van der Waals surface area (Å²) < 4.78 is 11.8. The van der Waals surface area contributed by atoms with Gasteiger partial charge in [0.05, 0.1) is 12.2 Å². The summed E-state index contributed by atoms with van der Waals surface area (Å²) in [5, 5.41) is 18.0. The Morgan fingerprint density at radius 1 is 0.680 bits per heavy atom. The molecule has 0 aliphatic carbocycles. The van der Waals surface area contributed by atoms with Gasteiger partial charge in [-0.15, -0.1) is 0 Å². The molecule has 0 saturated carbocycles. The van der Waals surface area contributed by atoms with E-state index in [1.54, 1.807) is 0 Å². The van der Waals surface area contributed by atoms with Crippen molar-refractivity contribution < 1.29 is 33.8 Å². The first kappa shape index (κ1) is 44.9. The summed E-state index contributed by atoms with van der Waals surface area (Å²) in [6.07, 6.45) is 13.6. The summed E-state index contributed by atoms with van der Waals surface area (Å²) in [5.74, 6) is -1.89. The normalized spacial score (nSPS) is 13.7. The van der Waals surface area contributed by atoms with Crippen molar-refractivity contribution in [3.8, 4) is 5.75 Å². The monoisotopic (exact) mass is 704 g/mol. The predicted molar refractivity (Wildman–Crippen MR) is 200 cm³/mol. The number of hydrogen-bond acceptors (Lipinski definition) is 6. The molecule has 0 radical (unpaired) electrons. The van der Waals surface area contributed by atoms with Gasteiger partial charge in [-0.05, 0) is 78.0 Å². The zero-order valence-corrected chi connectivity index (χ0v) is 32.6. The molecule has 0 unspecified atom stereocenters. The number of carbonyl (C=O) groups is 4. The number of nitrogens with one attached hydrogen (secondary N) is 3. The number of benzene rings is 1. The van der Waals surface area contributed by atoms with Crippen LogP contribution in [0.5, 0.6) is 5.75 Å². The van der Waals surface area contributed by atoms with Crippen molar-refractivity contribution in [2.24, 2.45) is 5.92 Å². The number of unbranched alkanes of at least 4 members (excludes halogenated alkanes) is 10. The first-order valence-electron chi connectivity index (χ1n) is 18.9. The number of ether oxygens (including phenoxy) is 2. The molecule has 10 nitrogen and oxygen atoms in total. The molecule has 0 saturated heterocycles. The van der Waals surface area contributed by atoms with E-state index in [4.69, 9.17) is 9.47 Å². The summed E-state index contributed by atoms with van der Waals surface area (Å²) in [6.45, 7) is 17.2. The third kappa shape index (κ3) is 21.8. The third-order valence-corrected chi connectivity index (χ3v) is 8.08. The third-order valence-electron chi connectivity index (χ3n) is 8.08. The second-order valence-electron chi connectivity index (χ2n) is 16.0. The van der Waals surface area contributed by atoms with Crippen molar-refractivity contribution in [2.75, 3.05) is 6.61 Å². The summed E-state index contributed by atoms with van der Waals surface area (Å²) in [4.78, 5) is 52.3. The van der Waals surface area contributed by atoms with Crippen LogP contribution in [0.3, 0.4) is 0 Å². The number of aliphatic carboxylic acids is 1. The maximum absolute atomic E-state index is 13.8. The predicted octanol–water partition coefficient (Wildman–Crippen LogP) is 7.51. The lowest BCUT2D eigenvalue weighted by atomic mass is 10.0. The maximum Gasteiger partial charge on any atom is 0.326 e. The Morgan fingerprint density at radius 2 is 1.18 bits per heavy atom. The van der Waals surface area contributed by atoms with Gasteiger partial charge in [0.15, 0.2) is 0 Å². The number of carbonyl (C=O) groups excluding carboxylic acids is 3. The van der Waals surface area contributed by atoms with E-state index in [1.807, 2.05) is 79.7 Å². The highest BCUT2D eigenvalue weighted by atomic mass is 16.5. The van der Waals surface area contributed by atoms with Crippen LogP contribution in [0.15, 0.2) is 24.3 Å². The molecular formula is C40H69N3O7. The van der Waals surface area contributed by atoms with E-state index < -0.39 is 41.5 Å². The summed E-state index contributed by atoms with van der Waals surface area (Å²) in [6, 6.07) is 4.10. The second kappa shape index (κ2) is 23.4. The molecule has 0 aliphatic heterocycles. The molecule has 0 spiro atoms. The van der Waals surface area contributed by atoms with Crippen LogP contribution in [-0.4, -0.2) is 64.7 Å². The Labute approximate surface area is 302 Å². The van der Waals surface area contributed by atoms with E-state index in [0.29, 0.717) is 12.2 Å². The zero-order chi connectivity index (χ0) is 37.7. The molecule has 0 aliphatic rings. The van der Waals surface area contributed by atoms with E-state index in [-0.39, 0.29) is 36.9 Å². The van der Waals surface area contributed by atoms with E-state index >= 15 is 0 Å². The first-order valence-corrected chi connectivity index (χ1v) is 18.9. The molecule has 286 valence electrons. The van der Waals surface area contributed by atoms with Crippen LogP contribution in [0.4, 0.5) is 0 Å². The van der Waals surface area contributed by atoms with Crippen molar-refractivity contribution >= 4 is 23.7 Å². The van der Waals surface area contributed by atoms with Crippen LogP contribution in [0, 0.1) is 5.92 Å². The number of hydrogen-bond donors (Lipinski definition) is 4. The molecule has 1 aromatic carbocycles. The molecule has 10 heteroatoms. The summed E-state index contributed by atoms with van der Waals surface area (Å²) in [7, 11) is 0. The number of carboxylic acid groups (broad SMARTS) is 1. The number of rotatable bonds is 25. The fraction of sp³-hybridized carbons (Fsp3) is 0.750. The maximum atomic E-state index is 13.8. The van der Waals surface area contributed by atoms with Crippen molar-refractivity contribution in [1.82, 2.24) is 16.0 Å². The average molecular weight is 704 g/mol. The Bertz CT molecular complexity index is 1140. The Morgan fingerprint density at radius 3 is 1.66 bits per heavy atom. The highest BCUT2D eigenvalue weighted by Gasteiger charge is 2.31. The average Bonchev–Trinajstić information content (AvgIpc) is 3.00. The molecule has 0 bridgehead atoms. The van der Waals surface area contributed by atoms with Gasteiger partial charge in [0, 0.05) is 12.8 Å². The van der Waals surface area contributed by atoms with Crippen molar-refractivity contribution in [1.29, 1.82) is 0 Å². The molecule has 1 aromatic rings. The molecule has 0 heterocycles. The van der Waals surface area contributed by atoms with Gasteiger partial charge >= 0.3 is 5.97 Å². The Kier molecular flexibility index (Phi) is 21.0. The molecular weight excluding hydrogens is 634 g/mol.